The van der Waals surface area contributed by atoms with Crippen LogP contribution >= 0.6 is 0 Å². The van der Waals surface area contributed by atoms with E-state index in [0.29, 0.717) is 0 Å². The minimum absolute atomic E-state index is 1.21. The topological polar surface area (TPSA) is 0 Å². The zero-order valence-corrected chi connectivity index (χ0v) is 8.01. The first-order valence-electron chi connectivity index (χ1n) is 4.73. The first-order chi connectivity index (χ1) is 5.83. The van der Waals surface area contributed by atoms with Gasteiger partial charge in [0.25, 0.3) is 0 Å². The van der Waals surface area contributed by atoms with Crippen LogP contribution in [0, 0.1) is 6.92 Å². The third-order valence-electron chi connectivity index (χ3n) is 1.98. The van der Waals surface area contributed by atoms with E-state index in [0.717, 1.165) is 0 Å². The van der Waals surface area contributed by atoms with Crippen molar-refractivity contribution in [3.63, 3.8) is 0 Å². The van der Waals surface area contributed by atoms with Gasteiger partial charge in [-0.05, 0) is 6.92 Å². The highest BCUT2D eigenvalue weighted by Crippen LogP contribution is 1.96. The fourth-order valence-corrected chi connectivity index (χ4v) is 1.27. The summed E-state index contributed by atoms with van der Waals surface area (Å²) in [5.74, 6) is 0. The molecule has 1 aromatic rings. The van der Waals surface area contributed by atoms with Crippen LogP contribution in [0.3, 0.4) is 0 Å². The van der Waals surface area contributed by atoms with Crippen molar-refractivity contribution in [3.8, 4) is 0 Å². The molecule has 63 valence electrons. The number of aryl methyl sites for hydroxylation is 1. The molecule has 0 aromatic heterocycles. The Kier molecular flexibility index (Phi) is 3.92. The van der Waals surface area contributed by atoms with Crippen molar-refractivity contribution in [3.05, 3.63) is 29.8 Å². The molecule has 0 saturated heterocycles. The fourth-order valence-electron chi connectivity index (χ4n) is 1.27. The van der Waals surface area contributed by atoms with Gasteiger partial charge in [-0.25, -0.2) is 0 Å². The lowest BCUT2D eigenvalue weighted by Gasteiger charge is -1.99. The van der Waals surface area contributed by atoms with Gasteiger partial charge in [-0.2, -0.15) is 0 Å². The van der Waals surface area contributed by atoms with Crippen molar-refractivity contribution >= 4 is 12.7 Å². The van der Waals surface area contributed by atoms with Gasteiger partial charge < -0.3 is 0 Å². The van der Waals surface area contributed by atoms with E-state index in [9.17, 15) is 0 Å². The third-order valence-corrected chi connectivity index (χ3v) is 1.98. The molecule has 0 aliphatic rings. The van der Waals surface area contributed by atoms with Gasteiger partial charge in [0, 0.05) is 0 Å². The highest BCUT2D eigenvalue weighted by Gasteiger charge is 1.94. The highest BCUT2D eigenvalue weighted by molar-refractivity contribution is 6.53. The Bertz CT molecular complexity index is 230. The van der Waals surface area contributed by atoms with Gasteiger partial charge in [-0.1, -0.05) is 61.4 Å². The quantitative estimate of drug-likeness (QED) is 0.467. The predicted molar refractivity (Wildman–Crippen MR) is 56.3 cm³/mol. The Morgan fingerprint density at radius 3 is 2.83 bits per heavy atom. The second-order valence-electron chi connectivity index (χ2n) is 3.26. The van der Waals surface area contributed by atoms with Crippen LogP contribution in [-0.2, 0) is 0 Å². The lowest BCUT2D eigenvalue weighted by molar-refractivity contribution is 0.881. The summed E-state index contributed by atoms with van der Waals surface area (Å²) in [6.07, 6.45) is 3.79. The molecule has 0 unspecified atom stereocenters. The molecule has 0 aliphatic heterocycles. The van der Waals surface area contributed by atoms with Crippen LogP contribution in [-0.4, -0.2) is 7.28 Å². The normalized spacial score (nSPS) is 9.83. The van der Waals surface area contributed by atoms with E-state index < -0.39 is 0 Å². The highest BCUT2D eigenvalue weighted by atomic mass is 13.9. The molecule has 1 aromatic carbocycles. The van der Waals surface area contributed by atoms with Crippen molar-refractivity contribution in [2.75, 3.05) is 0 Å². The maximum absolute atomic E-state index is 2.32. The van der Waals surface area contributed by atoms with Gasteiger partial charge in [-0.15, -0.1) is 0 Å². The lowest BCUT2D eigenvalue weighted by Crippen LogP contribution is -2.13. The van der Waals surface area contributed by atoms with Gasteiger partial charge >= 0.3 is 0 Å². The van der Waals surface area contributed by atoms with Crippen LogP contribution in [0.5, 0.6) is 0 Å². The lowest BCUT2D eigenvalue weighted by atomic mass is 9.66. The van der Waals surface area contributed by atoms with E-state index in [4.69, 9.17) is 0 Å². The summed E-state index contributed by atoms with van der Waals surface area (Å²) in [5, 5.41) is 0. The second-order valence-corrected chi connectivity index (χ2v) is 3.26. The summed E-state index contributed by atoms with van der Waals surface area (Å²) in [4.78, 5) is 0. The Morgan fingerprint density at radius 2 is 2.17 bits per heavy atom. The molecule has 0 saturated carbocycles. The maximum Gasteiger partial charge on any atom is 0.151 e. The van der Waals surface area contributed by atoms with E-state index >= 15 is 0 Å². The van der Waals surface area contributed by atoms with Gasteiger partial charge in [0.15, 0.2) is 7.28 Å². The van der Waals surface area contributed by atoms with E-state index in [1.54, 1.807) is 0 Å². The number of hydrogen-bond donors (Lipinski definition) is 0. The number of rotatable bonds is 4. The van der Waals surface area contributed by atoms with Crippen molar-refractivity contribution in [1.82, 2.24) is 0 Å². The Balaban J connectivity index is 2.41. The maximum atomic E-state index is 2.32. The van der Waals surface area contributed by atoms with Crippen molar-refractivity contribution in [1.29, 1.82) is 0 Å². The second kappa shape index (κ2) is 5.02. The molecule has 0 fully saturated rings. The van der Waals surface area contributed by atoms with Crippen molar-refractivity contribution < 1.29 is 0 Å². The molecular weight excluding hydrogens is 143 g/mol. The standard InChI is InChI=1S/C11H16B/c1-3-4-8-12-11-7-5-6-10(2)9-11/h5-7,9H,3-4,8H2,1-2H3. The van der Waals surface area contributed by atoms with Gasteiger partial charge in [-0.3, -0.25) is 0 Å². The Hall–Kier alpha value is -0.715. The molecule has 12 heavy (non-hydrogen) atoms. The van der Waals surface area contributed by atoms with E-state index in [1.165, 1.54) is 30.2 Å². The molecular formula is C11H16B. The fraction of sp³-hybridized carbons (Fsp3) is 0.455. The summed E-state index contributed by atoms with van der Waals surface area (Å²) in [6.45, 7) is 4.36. The largest absolute Gasteiger partial charge is 0.151 e. The zero-order chi connectivity index (χ0) is 8.81. The molecule has 0 heterocycles. The summed E-state index contributed by atoms with van der Waals surface area (Å²) in [5.41, 5.74) is 2.71. The molecule has 0 bridgehead atoms. The minimum Gasteiger partial charge on any atom is -0.0875 e. The van der Waals surface area contributed by atoms with E-state index in [2.05, 4.69) is 45.4 Å². The van der Waals surface area contributed by atoms with E-state index in [-0.39, 0.29) is 0 Å². The monoisotopic (exact) mass is 159 g/mol. The summed E-state index contributed by atoms with van der Waals surface area (Å²) in [7, 11) is 2.32. The zero-order valence-electron chi connectivity index (χ0n) is 8.01. The van der Waals surface area contributed by atoms with Crippen LogP contribution in [0.25, 0.3) is 0 Å². The third kappa shape index (κ3) is 3.12. The molecule has 1 rings (SSSR count). The first-order valence-corrected chi connectivity index (χ1v) is 4.73. The Morgan fingerprint density at radius 1 is 1.33 bits per heavy atom. The van der Waals surface area contributed by atoms with Crippen LogP contribution in [0.2, 0.25) is 6.32 Å². The average molecular weight is 159 g/mol. The molecule has 0 aliphatic carbocycles. The van der Waals surface area contributed by atoms with Crippen LogP contribution in [0.15, 0.2) is 24.3 Å². The minimum atomic E-state index is 1.21. The molecule has 0 spiro atoms. The van der Waals surface area contributed by atoms with Crippen molar-refractivity contribution in [2.24, 2.45) is 0 Å². The van der Waals surface area contributed by atoms with Crippen LogP contribution in [0.4, 0.5) is 0 Å². The predicted octanol–water partition coefficient (Wildman–Crippen LogP) is 2.54. The molecule has 0 amide bonds. The first kappa shape index (κ1) is 9.37. The molecule has 1 radical (unpaired) electrons. The van der Waals surface area contributed by atoms with Gasteiger partial charge in [0.2, 0.25) is 0 Å². The Labute approximate surface area is 76.2 Å². The van der Waals surface area contributed by atoms with Gasteiger partial charge in [0.05, 0.1) is 0 Å². The smallest absolute Gasteiger partial charge is 0.0875 e. The van der Waals surface area contributed by atoms with Crippen LogP contribution in [0.1, 0.15) is 25.3 Å². The molecule has 0 atom stereocenters. The SMILES string of the molecule is CCCC[B]c1cccc(C)c1. The van der Waals surface area contributed by atoms with Crippen LogP contribution < -0.4 is 5.46 Å². The van der Waals surface area contributed by atoms with E-state index in [1.807, 2.05) is 0 Å². The summed E-state index contributed by atoms with van der Waals surface area (Å²) in [6, 6.07) is 8.66. The summed E-state index contributed by atoms with van der Waals surface area (Å²) < 4.78 is 0. The number of hydrogen-bond acceptors (Lipinski definition) is 0. The molecule has 0 N–H and O–H groups in total. The molecule has 0 nitrogen and oxygen atoms in total. The number of unbranched alkanes of at least 4 members (excludes halogenated alkanes) is 1. The van der Waals surface area contributed by atoms with Crippen molar-refractivity contribution in [2.45, 2.75) is 33.0 Å². The number of benzene rings is 1. The van der Waals surface area contributed by atoms with Gasteiger partial charge in [0.1, 0.15) is 0 Å². The summed E-state index contributed by atoms with van der Waals surface area (Å²) >= 11 is 0. The molecule has 1 heteroatoms. The average Bonchev–Trinajstić information content (AvgIpc) is 2.05.